The first kappa shape index (κ1) is 20.0. The highest BCUT2D eigenvalue weighted by Crippen LogP contribution is 2.35. The van der Waals surface area contributed by atoms with Gasteiger partial charge >= 0.3 is 18.0 Å². The van der Waals surface area contributed by atoms with Crippen molar-refractivity contribution >= 4 is 29.1 Å². The molecular weight excluding hydrogens is 422 g/mol. The highest BCUT2D eigenvalue weighted by Gasteiger charge is 2.30. The summed E-state index contributed by atoms with van der Waals surface area (Å²) in [5.74, 6) is -1.49. The van der Waals surface area contributed by atoms with Crippen LogP contribution in [0, 0.1) is 0 Å². The van der Waals surface area contributed by atoms with Crippen LogP contribution in [0.5, 0.6) is 5.75 Å². The normalized spacial score (nSPS) is 11.5. The highest BCUT2D eigenvalue weighted by atomic mass is 35.5. The van der Waals surface area contributed by atoms with Gasteiger partial charge in [0, 0.05) is 12.1 Å². The van der Waals surface area contributed by atoms with Gasteiger partial charge in [-0.2, -0.15) is 18.2 Å². The largest absolute Gasteiger partial charge is 0.505 e. The Labute approximate surface area is 165 Å². The Morgan fingerprint density at radius 2 is 1.86 bits per heavy atom. The number of phenolic OH excluding ortho intramolecular Hbond substituents is 1. The van der Waals surface area contributed by atoms with Crippen LogP contribution in [0.2, 0.25) is 10.0 Å². The van der Waals surface area contributed by atoms with Crippen molar-refractivity contribution in [2.75, 3.05) is 0 Å². The molecular formula is C17H10Cl2F3N3O3. The number of rotatable bonds is 4. The van der Waals surface area contributed by atoms with Crippen molar-refractivity contribution in [2.45, 2.75) is 12.7 Å². The molecule has 0 saturated heterocycles. The van der Waals surface area contributed by atoms with Crippen molar-refractivity contribution in [1.82, 2.24) is 15.5 Å². The summed E-state index contributed by atoms with van der Waals surface area (Å²) in [5.41, 5.74) is -0.270. The van der Waals surface area contributed by atoms with Gasteiger partial charge in [-0.25, -0.2) is 0 Å². The van der Waals surface area contributed by atoms with E-state index in [2.05, 4.69) is 15.5 Å². The second kappa shape index (κ2) is 7.69. The zero-order chi connectivity index (χ0) is 20.5. The maximum Gasteiger partial charge on any atom is 0.416 e. The minimum Gasteiger partial charge on any atom is -0.505 e. The van der Waals surface area contributed by atoms with Gasteiger partial charge in [0.1, 0.15) is 0 Å². The van der Waals surface area contributed by atoms with Crippen molar-refractivity contribution in [2.24, 2.45) is 0 Å². The summed E-state index contributed by atoms with van der Waals surface area (Å²) in [6.07, 6.45) is -4.48. The predicted octanol–water partition coefficient (Wildman–Crippen LogP) is 4.70. The number of amides is 1. The number of benzene rings is 2. The molecule has 1 aromatic heterocycles. The number of carbonyl (C=O) groups is 1. The van der Waals surface area contributed by atoms with Gasteiger partial charge in [-0.15, -0.1) is 0 Å². The molecule has 2 aromatic carbocycles. The molecule has 146 valence electrons. The van der Waals surface area contributed by atoms with Crippen LogP contribution >= 0.6 is 23.2 Å². The molecule has 0 aliphatic rings. The molecule has 0 radical (unpaired) electrons. The van der Waals surface area contributed by atoms with E-state index >= 15 is 0 Å². The summed E-state index contributed by atoms with van der Waals surface area (Å²) < 4.78 is 43.0. The van der Waals surface area contributed by atoms with Gasteiger partial charge in [0.2, 0.25) is 5.82 Å². The van der Waals surface area contributed by atoms with Crippen LogP contribution in [0.3, 0.4) is 0 Å². The van der Waals surface area contributed by atoms with Gasteiger partial charge in [0.05, 0.1) is 15.6 Å². The quantitative estimate of drug-likeness (QED) is 0.624. The number of hydrogen-bond donors (Lipinski definition) is 2. The smallest absolute Gasteiger partial charge is 0.416 e. The van der Waals surface area contributed by atoms with Gasteiger partial charge in [0.15, 0.2) is 5.75 Å². The Morgan fingerprint density at radius 3 is 2.50 bits per heavy atom. The van der Waals surface area contributed by atoms with Crippen LogP contribution in [0.15, 0.2) is 40.9 Å². The molecule has 0 atom stereocenters. The number of nitrogens with one attached hydrogen (secondary N) is 1. The number of phenols is 1. The van der Waals surface area contributed by atoms with E-state index in [1.165, 1.54) is 24.3 Å². The molecule has 28 heavy (non-hydrogen) atoms. The lowest BCUT2D eigenvalue weighted by atomic mass is 10.1. The number of aromatic nitrogens is 2. The zero-order valence-electron chi connectivity index (χ0n) is 13.7. The Hall–Kier alpha value is -2.78. The number of carbonyl (C=O) groups excluding carboxylic acids is 1. The van der Waals surface area contributed by atoms with Crippen molar-refractivity contribution in [1.29, 1.82) is 0 Å². The Bertz CT molecular complexity index is 1010. The highest BCUT2D eigenvalue weighted by molar-refractivity contribution is 6.37. The third kappa shape index (κ3) is 4.37. The minimum absolute atomic E-state index is 0.00646. The third-order valence-corrected chi connectivity index (χ3v) is 4.18. The van der Waals surface area contributed by atoms with E-state index in [0.29, 0.717) is 5.56 Å². The predicted molar refractivity (Wildman–Crippen MR) is 94.0 cm³/mol. The molecule has 1 amide bonds. The molecule has 2 N–H and O–H groups in total. The zero-order valence-corrected chi connectivity index (χ0v) is 15.2. The monoisotopic (exact) mass is 431 g/mol. The van der Waals surface area contributed by atoms with Crippen molar-refractivity contribution in [3.05, 3.63) is 63.5 Å². The fourth-order valence-corrected chi connectivity index (χ4v) is 2.73. The topological polar surface area (TPSA) is 88.2 Å². The summed E-state index contributed by atoms with van der Waals surface area (Å²) in [6.45, 7) is -0.169. The van der Waals surface area contributed by atoms with E-state index in [1.54, 1.807) is 0 Å². The summed E-state index contributed by atoms with van der Waals surface area (Å²) in [7, 11) is 0. The Balaban J connectivity index is 1.72. The SMILES string of the molecule is O=C(NCc1cccc(C(F)(F)F)c1)c1nc(-c2cc(Cl)c(O)c(Cl)c2)no1. The van der Waals surface area contributed by atoms with E-state index in [-0.39, 0.29) is 33.7 Å². The second-order valence-corrected chi connectivity index (χ2v) is 6.41. The molecule has 1 heterocycles. The fourth-order valence-electron chi connectivity index (χ4n) is 2.24. The minimum atomic E-state index is -4.48. The van der Waals surface area contributed by atoms with E-state index in [9.17, 15) is 23.1 Å². The van der Waals surface area contributed by atoms with E-state index in [1.807, 2.05) is 0 Å². The lowest BCUT2D eigenvalue weighted by Crippen LogP contribution is -2.23. The standard InChI is InChI=1S/C17H10Cl2F3N3O3/c18-11-5-9(6-12(19)13(11)26)14-24-16(28-25-14)15(27)23-7-8-2-1-3-10(4-8)17(20,21)22/h1-6,26H,7H2,(H,23,27). The number of alkyl halides is 3. The first-order valence-corrected chi connectivity index (χ1v) is 8.37. The summed E-state index contributed by atoms with van der Waals surface area (Å²) in [5, 5.41) is 15.5. The van der Waals surface area contributed by atoms with E-state index in [0.717, 1.165) is 12.1 Å². The van der Waals surface area contributed by atoms with Crippen LogP contribution < -0.4 is 5.32 Å². The van der Waals surface area contributed by atoms with Crippen LogP contribution in [0.4, 0.5) is 13.2 Å². The molecule has 0 saturated carbocycles. The summed E-state index contributed by atoms with van der Waals surface area (Å²) in [4.78, 5) is 16.0. The van der Waals surface area contributed by atoms with Crippen LogP contribution in [-0.2, 0) is 12.7 Å². The molecule has 0 fully saturated rings. The van der Waals surface area contributed by atoms with Crippen molar-refractivity contribution in [3.63, 3.8) is 0 Å². The fraction of sp³-hybridized carbons (Fsp3) is 0.118. The maximum atomic E-state index is 12.7. The molecule has 3 rings (SSSR count). The van der Waals surface area contributed by atoms with Crippen LogP contribution in [0.25, 0.3) is 11.4 Å². The van der Waals surface area contributed by atoms with E-state index in [4.69, 9.17) is 27.7 Å². The van der Waals surface area contributed by atoms with E-state index < -0.39 is 23.5 Å². The molecule has 0 bridgehead atoms. The molecule has 0 spiro atoms. The lowest BCUT2D eigenvalue weighted by Gasteiger charge is -2.08. The maximum absolute atomic E-state index is 12.7. The van der Waals surface area contributed by atoms with Crippen LogP contribution in [-0.4, -0.2) is 21.2 Å². The molecule has 0 aliphatic heterocycles. The summed E-state index contributed by atoms with van der Waals surface area (Å²) >= 11 is 11.6. The Kier molecular flexibility index (Phi) is 5.48. The van der Waals surface area contributed by atoms with Gasteiger partial charge in [0.25, 0.3) is 0 Å². The van der Waals surface area contributed by atoms with Crippen molar-refractivity contribution < 1.29 is 27.6 Å². The third-order valence-electron chi connectivity index (χ3n) is 3.60. The van der Waals surface area contributed by atoms with Crippen LogP contribution in [0.1, 0.15) is 21.8 Å². The molecule has 3 aromatic rings. The van der Waals surface area contributed by atoms with Gasteiger partial charge in [-0.1, -0.05) is 40.5 Å². The first-order valence-electron chi connectivity index (χ1n) is 7.61. The number of nitrogens with zero attached hydrogens (tertiary/aromatic N) is 2. The molecule has 0 unspecified atom stereocenters. The summed E-state index contributed by atoms with van der Waals surface area (Å²) in [6, 6.07) is 7.21. The van der Waals surface area contributed by atoms with Gasteiger partial charge in [-0.3, -0.25) is 4.79 Å². The van der Waals surface area contributed by atoms with Gasteiger partial charge in [-0.05, 0) is 29.8 Å². The number of halogens is 5. The first-order chi connectivity index (χ1) is 13.1. The van der Waals surface area contributed by atoms with Gasteiger partial charge < -0.3 is 14.9 Å². The number of hydrogen-bond acceptors (Lipinski definition) is 5. The number of aromatic hydroxyl groups is 1. The Morgan fingerprint density at radius 1 is 1.18 bits per heavy atom. The lowest BCUT2D eigenvalue weighted by molar-refractivity contribution is -0.137. The molecule has 6 nitrogen and oxygen atoms in total. The molecule has 11 heteroatoms. The molecule has 0 aliphatic carbocycles. The average molecular weight is 432 g/mol. The second-order valence-electron chi connectivity index (χ2n) is 5.59. The van der Waals surface area contributed by atoms with Crippen molar-refractivity contribution in [3.8, 4) is 17.1 Å². The average Bonchev–Trinajstić information content (AvgIpc) is 3.13.